The van der Waals surface area contributed by atoms with Crippen LogP contribution >= 0.6 is 11.3 Å². The third-order valence-electron chi connectivity index (χ3n) is 2.86. The second-order valence-electron chi connectivity index (χ2n) is 4.52. The smallest absolute Gasteiger partial charge is 0.144 e. The molecule has 0 aliphatic heterocycles. The van der Waals surface area contributed by atoms with Crippen molar-refractivity contribution in [2.45, 2.75) is 33.2 Å². The molecule has 1 atom stereocenters. The molecule has 2 rings (SSSR count). The van der Waals surface area contributed by atoms with Gasteiger partial charge in [0.1, 0.15) is 10.7 Å². The average molecular weight is 264 g/mol. The van der Waals surface area contributed by atoms with Gasteiger partial charge in [-0.15, -0.1) is 11.3 Å². The van der Waals surface area contributed by atoms with Crippen LogP contribution in [0.2, 0.25) is 0 Å². The van der Waals surface area contributed by atoms with Gasteiger partial charge in [0, 0.05) is 24.2 Å². The Bertz CT molecular complexity index is 515. The van der Waals surface area contributed by atoms with E-state index in [0.717, 1.165) is 29.4 Å². The summed E-state index contributed by atoms with van der Waals surface area (Å²) in [5, 5.41) is 8.91. The van der Waals surface area contributed by atoms with E-state index in [1.54, 1.807) is 11.3 Å². The van der Waals surface area contributed by atoms with Crippen LogP contribution in [0, 0.1) is 6.92 Å². The maximum Gasteiger partial charge on any atom is 0.144 e. The third-order valence-corrected chi connectivity index (χ3v) is 4.22. The Morgan fingerprint density at radius 3 is 2.89 bits per heavy atom. The second kappa shape index (κ2) is 5.63. The topological polar surface area (TPSA) is 42.7 Å². The maximum atomic E-state index is 4.63. The molecule has 0 aliphatic carbocycles. The predicted molar refractivity (Wildman–Crippen MR) is 75.8 cm³/mol. The molecule has 0 bridgehead atoms. The lowest BCUT2D eigenvalue weighted by atomic mass is 10.2. The van der Waals surface area contributed by atoms with E-state index in [9.17, 15) is 0 Å². The van der Waals surface area contributed by atoms with Crippen LogP contribution in [-0.4, -0.2) is 21.3 Å². The highest BCUT2D eigenvalue weighted by molar-refractivity contribution is 7.15. The van der Waals surface area contributed by atoms with Crippen molar-refractivity contribution in [3.63, 3.8) is 0 Å². The van der Waals surface area contributed by atoms with Gasteiger partial charge >= 0.3 is 0 Å². The van der Waals surface area contributed by atoms with Crippen molar-refractivity contribution in [3.05, 3.63) is 22.8 Å². The van der Waals surface area contributed by atoms with Crippen molar-refractivity contribution in [3.8, 4) is 10.7 Å². The first-order valence-electron chi connectivity index (χ1n) is 6.32. The molecule has 2 aromatic rings. The number of hydrogen-bond donors (Lipinski definition) is 1. The van der Waals surface area contributed by atoms with Gasteiger partial charge in [-0.3, -0.25) is 4.68 Å². The average Bonchev–Trinajstić information content (AvgIpc) is 2.92. The summed E-state index contributed by atoms with van der Waals surface area (Å²) in [5.74, 6) is 0. The van der Waals surface area contributed by atoms with Gasteiger partial charge in [0.2, 0.25) is 0 Å². The molecule has 4 nitrogen and oxygen atoms in total. The molecule has 1 unspecified atom stereocenters. The van der Waals surface area contributed by atoms with Crippen LogP contribution in [0.3, 0.4) is 0 Å². The standard InChI is InChI=1S/C13H20N4S/c1-5-7-14-9(2)12-10(3)15-13(18-12)11-6-8-17(4)16-11/h6,8-9,14H,5,7H2,1-4H3. The second-order valence-corrected chi connectivity index (χ2v) is 5.55. The molecular formula is C13H20N4S. The molecule has 0 aromatic carbocycles. The van der Waals surface area contributed by atoms with Gasteiger partial charge in [0.15, 0.2) is 0 Å². The quantitative estimate of drug-likeness (QED) is 0.903. The molecule has 2 heterocycles. The van der Waals surface area contributed by atoms with Crippen molar-refractivity contribution in [1.29, 1.82) is 0 Å². The van der Waals surface area contributed by atoms with Crippen LogP contribution in [-0.2, 0) is 7.05 Å². The number of rotatable bonds is 5. The summed E-state index contributed by atoms with van der Waals surface area (Å²) >= 11 is 1.74. The maximum absolute atomic E-state index is 4.63. The van der Waals surface area contributed by atoms with Crippen molar-refractivity contribution in [1.82, 2.24) is 20.1 Å². The highest BCUT2D eigenvalue weighted by Gasteiger charge is 2.15. The van der Waals surface area contributed by atoms with Crippen LogP contribution in [0.5, 0.6) is 0 Å². The zero-order valence-electron chi connectivity index (χ0n) is 11.4. The van der Waals surface area contributed by atoms with Crippen LogP contribution in [0.15, 0.2) is 12.3 Å². The lowest BCUT2D eigenvalue weighted by Gasteiger charge is -2.11. The lowest BCUT2D eigenvalue weighted by Crippen LogP contribution is -2.18. The SMILES string of the molecule is CCCNC(C)c1sc(-c2ccn(C)n2)nc1C. The van der Waals surface area contributed by atoms with Gasteiger partial charge in [-0.1, -0.05) is 6.92 Å². The molecular weight excluding hydrogens is 244 g/mol. The Hall–Kier alpha value is -1.20. The van der Waals surface area contributed by atoms with Crippen molar-refractivity contribution in [2.75, 3.05) is 6.54 Å². The summed E-state index contributed by atoms with van der Waals surface area (Å²) in [7, 11) is 1.93. The molecule has 0 radical (unpaired) electrons. The van der Waals surface area contributed by atoms with Gasteiger partial charge in [0.25, 0.3) is 0 Å². The van der Waals surface area contributed by atoms with E-state index in [1.807, 2.05) is 24.0 Å². The first-order chi connectivity index (χ1) is 8.61. The Morgan fingerprint density at radius 1 is 1.50 bits per heavy atom. The minimum atomic E-state index is 0.361. The van der Waals surface area contributed by atoms with E-state index >= 15 is 0 Å². The highest BCUT2D eigenvalue weighted by Crippen LogP contribution is 2.30. The summed E-state index contributed by atoms with van der Waals surface area (Å²) in [5.41, 5.74) is 2.07. The molecule has 0 aliphatic rings. The number of nitrogens with zero attached hydrogens (tertiary/aromatic N) is 3. The number of nitrogens with one attached hydrogen (secondary N) is 1. The molecule has 1 N–H and O–H groups in total. The summed E-state index contributed by atoms with van der Waals surface area (Å²) in [4.78, 5) is 5.94. The molecule has 0 fully saturated rings. The first kappa shape index (κ1) is 13.2. The Balaban J connectivity index is 2.21. The molecule has 0 spiro atoms. The molecule has 0 saturated heterocycles. The fourth-order valence-corrected chi connectivity index (χ4v) is 2.96. The van der Waals surface area contributed by atoms with E-state index in [0.29, 0.717) is 6.04 Å². The van der Waals surface area contributed by atoms with Gasteiger partial charge in [-0.2, -0.15) is 5.10 Å². The normalized spacial score (nSPS) is 12.9. The monoisotopic (exact) mass is 264 g/mol. The van der Waals surface area contributed by atoms with Crippen LogP contribution in [0.25, 0.3) is 10.7 Å². The van der Waals surface area contributed by atoms with E-state index < -0.39 is 0 Å². The van der Waals surface area contributed by atoms with Gasteiger partial charge in [0.05, 0.1) is 5.69 Å². The lowest BCUT2D eigenvalue weighted by molar-refractivity contribution is 0.575. The number of aryl methyl sites for hydroxylation is 2. The summed E-state index contributed by atoms with van der Waals surface area (Å²) in [6.45, 7) is 7.48. The number of hydrogen-bond acceptors (Lipinski definition) is 4. The molecule has 5 heteroatoms. The van der Waals surface area contributed by atoms with Crippen LogP contribution in [0.1, 0.15) is 36.9 Å². The van der Waals surface area contributed by atoms with Gasteiger partial charge < -0.3 is 5.32 Å². The largest absolute Gasteiger partial charge is 0.309 e. The fourth-order valence-electron chi connectivity index (χ4n) is 1.90. The molecule has 98 valence electrons. The minimum absolute atomic E-state index is 0.361. The zero-order chi connectivity index (χ0) is 13.1. The van der Waals surface area contributed by atoms with Crippen molar-refractivity contribution < 1.29 is 0 Å². The van der Waals surface area contributed by atoms with Crippen molar-refractivity contribution >= 4 is 11.3 Å². The molecule has 2 aromatic heterocycles. The first-order valence-corrected chi connectivity index (χ1v) is 7.14. The van der Waals surface area contributed by atoms with Gasteiger partial charge in [-0.05, 0) is 32.9 Å². The summed E-state index contributed by atoms with van der Waals surface area (Å²) < 4.78 is 1.81. The zero-order valence-corrected chi connectivity index (χ0v) is 12.2. The van der Waals surface area contributed by atoms with Crippen molar-refractivity contribution in [2.24, 2.45) is 7.05 Å². The summed E-state index contributed by atoms with van der Waals surface area (Å²) in [6.07, 6.45) is 3.10. The van der Waals surface area contributed by atoms with Gasteiger partial charge in [-0.25, -0.2) is 4.98 Å². The van der Waals surface area contributed by atoms with E-state index in [4.69, 9.17) is 0 Å². The van der Waals surface area contributed by atoms with E-state index in [1.165, 1.54) is 4.88 Å². The third kappa shape index (κ3) is 2.79. The summed E-state index contributed by atoms with van der Waals surface area (Å²) in [6, 6.07) is 2.37. The number of aromatic nitrogens is 3. The van der Waals surface area contributed by atoms with Crippen LogP contribution in [0.4, 0.5) is 0 Å². The molecule has 18 heavy (non-hydrogen) atoms. The minimum Gasteiger partial charge on any atom is -0.309 e. The van der Waals surface area contributed by atoms with Crippen LogP contribution < -0.4 is 5.32 Å². The Morgan fingerprint density at radius 2 is 2.28 bits per heavy atom. The molecule has 0 saturated carbocycles. The Labute approximate surface area is 112 Å². The number of thiazole rings is 1. The van der Waals surface area contributed by atoms with E-state index in [2.05, 4.69) is 36.2 Å². The fraction of sp³-hybridized carbons (Fsp3) is 0.538. The Kier molecular flexibility index (Phi) is 4.14. The highest BCUT2D eigenvalue weighted by atomic mass is 32.1. The predicted octanol–water partition coefficient (Wildman–Crippen LogP) is 2.91. The molecule has 0 amide bonds. The van der Waals surface area contributed by atoms with E-state index in [-0.39, 0.29) is 0 Å².